The lowest BCUT2D eigenvalue weighted by Gasteiger charge is -2.30. The van der Waals surface area contributed by atoms with Gasteiger partial charge in [0.25, 0.3) is 5.91 Å². The van der Waals surface area contributed by atoms with Crippen LogP contribution in [0.25, 0.3) is 0 Å². The maximum absolute atomic E-state index is 12.3. The Morgan fingerprint density at radius 1 is 1.29 bits per heavy atom. The molecule has 0 bridgehead atoms. The zero-order chi connectivity index (χ0) is 15.1. The van der Waals surface area contributed by atoms with Crippen molar-refractivity contribution in [2.45, 2.75) is 44.6 Å². The van der Waals surface area contributed by atoms with Crippen LogP contribution in [0.15, 0.2) is 24.3 Å². The molecule has 21 heavy (non-hydrogen) atoms. The average Bonchev–Trinajstić information content (AvgIpc) is 2.55. The first kappa shape index (κ1) is 15.8. The molecule has 0 aromatic heterocycles. The summed E-state index contributed by atoms with van der Waals surface area (Å²) >= 11 is 0. The molecule has 0 radical (unpaired) electrons. The largest absolute Gasteiger partial charge is 0.497 e. The zero-order valence-electron chi connectivity index (χ0n) is 12.7. The maximum Gasteiger partial charge on any atom is 0.251 e. The standard InChI is InChI=1S/C17H25NO3/c1-21-15-9-7-14(8-10-15)17(20)18-16(11-12-19)13-5-3-2-4-6-13/h7-10,13,16,19H,2-6,11-12H2,1H3,(H,18,20). The smallest absolute Gasteiger partial charge is 0.251 e. The second-order valence-electron chi connectivity index (χ2n) is 5.72. The van der Waals surface area contributed by atoms with Crippen LogP contribution in [0, 0.1) is 5.92 Å². The van der Waals surface area contributed by atoms with Gasteiger partial charge in [0.05, 0.1) is 7.11 Å². The van der Waals surface area contributed by atoms with Gasteiger partial charge in [0.2, 0.25) is 0 Å². The Kier molecular flexibility index (Phi) is 6.05. The highest BCUT2D eigenvalue weighted by molar-refractivity contribution is 5.94. The summed E-state index contributed by atoms with van der Waals surface area (Å²) in [5.41, 5.74) is 0.634. The van der Waals surface area contributed by atoms with E-state index in [2.05, 4.69) is 5.32 Å². The molecule has 0 saturated heterocycles. The predicted octanol–water partition coefficient (Wildman–Crippen LogP) is 2.76. The van der Waals surface area contributed by atoms with Crippen molar-refractivity contribution >= 4 is 5.91 Å². The number of hydrogen-bond acceptors (Lipinski definition) is 3. The minimum atomic E-state index is -0.0679. The molecule has 1 aromatic carbocycles. The van der Waals surface area contributed by atoms with E-state index in [4.69, 9.17) is 4.74 Å². The Morgan fingerprint density at radius 3 is 2.52 bits per heavy atom. The lowest BCUT2D eigenvalue weighted by atomic mass is 9.82. The van der Waals surface area contributed by atoms with E-state index in [9.17, 15) is 9.90 Å². The SMILES string of the molecule is COc1ccc(C(=O)NC(CCO)C2CCCCC2)cc1. The Morgan fingerprint density at radius 2 is 1.95 bits per heavy atom. The molecule has 1 unspecified atom stereocenters. The summed E-state index contributed by atoms with van der Waals surface area (Å²) in [6.45, 7) is 0.115. The van der Waals surface area contributed by atoms with Crippen LogP contribution in [0.5, 0.6) is 5.75 Å². The highest BCUT2D eigenvalue weighted by Gasteiger charge is 2.25. The normalized spacial score (nSPS) is 17.2. The number of rotatable bonds is 6. The quantitative estimate of drug-likeness (QED) is 0.847. The van der Waals surface area contributed by atoms with Crippen LogP contribution < -0.4 is 10.1 Å². The molecule has 1 aliphatic carbocycles. The van der Waals surface area contributed by atoms with Crippen molar-refractivity contribution in [3.8, 4) is 5.75 Å². The number of carbonyl (C=O) groups is 1. The Balaban J connectivity index is 1.99. The lowest BCUT2D eigenvalue weighted by molar-refractivity contribution is 0.0899. The highest BCUT2D eigenvalue weighted by Crippen LogP contribution is 2.28. The molecule has 116 valence electrons. The van der Waals surface area contributed by atoms with Crippen LogP contribution in [-0.2, 0) is 0 Å². The van der Waals surface area contributed by atoms with Crippen molar-refractivity contribution in [2.24, 2.45) is 5.92 Å². The second kappa shape index (κ2) is 8.03. The minimum absolute atomic E-state index is 0.0679. The fourth-order valence-electron chi connectivity index (χ4n) is 3.10. The number of carbonyl (C=O) groups excluding carboxylic acids is 1. The molecule has 1 aliphatic rings. The van der Waals surface area contributed by atoms with Crippen molar-refractivity contribution in [3.05, 3.63) is 29.8 Å². The van der Waals surface area contributed by atoms with Crippen molar-refractivity contribution in [2.75, 3.05) is 13.7 Å². The van der Waals surface area contributed by atoms with E-state index in [1.54, 1.807) is 31.4 Å². The van der Waals surface area contributed by atoms with Gasteiger partial charge in [0, 0.05) is 18.2 Å². The summed E-state index contributed by atoms with van der Waals surface area (Å²) in [6, 6.07) is 7.19. The summed E-state index contributed by atoms with van der Waals surface area (Å²) < 4.78 is 5.10. The number of ether oxygens (including phenoxy) is 1. The maximum atomic E-state index is 12.3. The number of amides is 1. The minimum Gasteiger partial charge on any atom is -0.497 e. The third kappa shape index (κ3) is 4.46. The molecule has 1 saturated carbocycles. The van der Waals surface area contributed by atoms with Crippen molar-refractivity contribution in [3.63, 3.8) is 0 Å². The topological polar surface area (TPSA) is 58.6 Å². The Bertz CT molecular complexity index is 438. The van der Waals surface area contributed by atoms with Gasteiger partial charge < -0.3 is 15.2 Å². The number of aliphatic hydroxyl groups is 1. The van der Waals surface area contributed by atoms with Gasteiger partial charge in [-0.3, -0.25) is 4.79 Å². The molecule has 0 heterocycles. The average molecular weight is 291 g/mol. The zero-order valence-corrected chi connectivity index (χ0v) is 12.7. The Hall–Kier alpha value is -1.55. The number of benzene rings is 1. The van der Waals surface area contributed by atoms with Gasteiger partial charge in [-0.1, -0.05) is 19.3 Å². The van der Waals surface area contributed by atoms with E-state index in [1.165, 1.54) is 19.3 Å². The van der Waals surface area contributed by atoms with Crippen molar-refractivity contribution in [1.82, 2.24) is 5.32 Å². The van der Waals surface area contributed by atoms with Gasteiger partial charge in [-0.25, -0.2) is 0 Å². The van der Waals surface area contributed by atoms with Crippen LogP contribution in [0.4, 0.5) is 0 Å². The summed E-state index contributed by atoms with van der Waals surface area (Å²) in [5, 5.41) is 12.4. The van der Waals surface area contributed by atoms with Crippen LogP contribution >= 0.6 is 0 Å². The van der Waals surface area contributed by atoms with Gasteiger partial charge >= 0.3 is 0 Å². The molecular formula is C17H25NO3. The molecule has 2 rings (SSSR count). The summed E-state index contributed by atoms with van der Waals surface area (Å²) in [6.07, 6.45) is 6.67. The number of hydrogen-bond donors (Lipinski definition) is 2. The van der Waals surface area contributed by atoms with Crippen LogP contribution in [-0.4, -0.2) is 30.8 Å². The molecule has 2 N–H and O–H groups in total. The first-order valence-electron chi connectivity index (χ1n) is 7.80. The fourth-order valence-corrected chi connectivity index (χ4v) is 3.10. The van der Waals surface area contributed by atoms with E-state index < -0.39 is 0 Å². The Labute approximate surface area is 126 Å². The molecule has 0 spiro atoms. The highest BCUT2D eigenvalue weighted by atomic mass is 16.5. The van der Waals surface area contributed by atoms with Gasteiger partial charge in [-0.05, 0) is 49.4 Å². The van der Waals surface area contributed by atoms with Gasteiger partial charge in [-0.2, -0.15) is 0 Å². The third-order valence-electron chi connectivity index (χ3n) is 4.33. The van der Waals surface area contributed by atoms with Crippen LogP contribution in [0.1, 0.15) is 48.9 Å². The van der Waals surface area contributed by atoms with E-state index >= 15 is 0 Å². The fraction of sp³-hybridized carbons (Fsp3) is 0.588. The number of aliphatic hydroxyl groups excluding tert-OH is 1. The first-order valence-corrected chi connectivity index (χ1v) is 7.80. The number of nitrogens with one attached hydrogen (secondary N) is 1. The summed E-state index contributed by atoms with van der Waals surface area (Å²) in [5.74, 6) is 1.17. The van der Waals surface area contributed by atoms with Gasteiger partial charge in [-0.15, -0.1) is 0 Å². The predicted molar refractivity (Wildman–Crippen MR) is 82.5 cm³/mol. The van der Waals surface area contributed by atoms with Crippen molar-refractivity contribution in [1.29, 1.82) is 0 Å². The van der Waals surface area contributed by atoms with Crippen molar-refractivity contribution < 1.29 is 14.6 Å². The monoisotopic (exact) mass is 291 g/mol. The first-order chi connectivity index (χ1) is 10.2. The molecular weight excluding hydrogens is 266 g/mol. The van der Waals surface area contributed by atoms with Gasteiger partial charge in [0.1, 0.15) is 5.75 Å². The molecule has 4 nitrogen and oxygen atoms in total. The molecule has 1 atom stereocenters. The summed E-state index contributed by atoms with van der Waals surface area (Å²) in [7, 11) is 1.61. The van der Waals surface area contributed by atoms with E-state index in [-0.39, 0.29) is 18.6 Å². The van der Waals surface area contributed by atoms with E-state index in [0.717, 1.165) is 18.6 Å². The second-order valence-corrected chi connectivity index (χ2v) is 5.72. The summed E-state index contributed by atoms with van der Waals surface area (Å²) in [4.78, 5) is 12.3. The molecule has 4 heteroatoms. The van der Waals surface area contributed by atoms with Crippen LogP contribution in [0.2, 0.25) is 0 Å². The molecule has 1 aromatic rings. The van der Waals surface area contributed by atoms with E-state index in [1.807, 2.05) is 0 Å². The molecule has 1 amide bonds. The molecule has 1 fully saturated rings. The number of methoxy groups -OCH3 is 1. The van der Waals surface area contributed by atoms with Crippen LogP contribution in [0.3, 0.4) is 0 Å². The third-order valence-corrected chi connectivity index (χ3v) is 4.33. The molecule has 0 aliphatic heterocycles. The van der Waals surface area contributed by atoms with Gasteiger partial charge in [0.15, 0.2) is 0 Å². The lowest BCUT2D eigenvalue weighted by Crippen LogP contribution is -2.41. The van der Waals surface area contributed by atoms with E-state index in [0.29, 0.717) is 17.9 Å².